The second-order valence-corrected chi connectivity index (χ2v) is 6.89. The normalized spacial score (nSPS) is 14.7. The van der Waals surface area contributed by atoms with Crippen LogP contribution < -0.4 is 0 Å². The van der Waals surface area contributed by atoms with Crippen molar-refractivity contribution < 1.29 is 23.5 Å². The van der Waals surface area contributed by atoms with E-state index in [2.05, 4.69) is 0 Å². The summed E-state index contributed by atoms with van der Waals surface area (Å²) in [6, 6.07) is 9.30. The maximum absolute atomic E-state index is 11.9. The fourth-order valence-corrected chi connectivity index (χ4v) is 1.82. The van der Waals surface area contributed by atoms with Gasteiger partial charge in [0, 0.05) is 6.66 Å². The molecule has 0 fully saturated rings. The first-order valence-corrected chi connectivity index (χ1v) is 7.89. The molecule has 0 aliphatic carbocycles. The van der Waals surface area contributed by atoms with Crippen LogP contribution in [0.2, 0.25) is 0 Å². The first-order valence-electron chi connectivity index (χ1n) is 5.87. The van der Waals surface area contributed by atoms with Crippen molar-refractivity contribution in [2.75, 3.05) is 13.3 Å². The van der Waals surface area contributed by atoms with Gasteiger partial charge in [-0.2, -0.15) is 0 Å². The quantitative estimate of drug-likeness (QED) is 0.642. The largest absolute Gasteiger partial charge is 0.460 e. The molecule has 1 aromatic carbocycles. The zero-order valence-corrected chi connectivity index (χ0v) is 12.2. The molecular formula is C13H19O5P. The van der Waals surface area contributed by atoms with Gasteiger partial charge in [0.15, 0.2) is 0 Å². The fraction of sp³-hybridized carbons (Fsp3) is 0.462. The molecular weight excluding hydrogens is 267 g/mol. The van der Waals surface area contributed by atoms with Crippen molar-refractivity contribution in [2.24, 2.45) is 5.41 Å². The smallest absolute Gasteiger partial charge is 0.325 e. The summed E-state index contributed by atoms with van der Waals surface area (Å²) in [5.74, 6) is -0.468. The molecule has 1 atom stereocenters. The first kappa shape index (κ1) is 15.9. The van der Waals surface area contributed by atoms with Gasteiger partial charge in [-0.1, -0.05) is 30.3 Å². The third-order valence-corrected chi connectivity index (χ3v) is 3.04. The van der Waals surface area contributed by atoms with Crippen molar-refractivity contribution in [1.82, 2.24) is 0 Å². The molecule has 0 radical (unpaired) electrons. The lowest BCUT2D eigenvalue weighted by Gasteiger charge is -2.23. The van der Waals surface area contributed by atoms with E-state index in [1.807, 2.05) is 30.3 Å². The Morgan fingerprint density at radius 3 is 2.42 bits per heavy atom. The zero-order chi connectivity index (χ0) is 14.5. The summed E-state index contributed by atoms with van der Waals surface area (Å²) in [7, 11) is -3.59. The fourth-order valence-electron chi connectivity index (χ4n) is 1.26. The molecule has 0 spiro atoms. The first-order chi connectivity index (χ1) is 8.71. The van der Waals surface area contributed by atoms with E-state index >= 15 is 0 Å². The van der Waals surface area contributed by atoms with E-state index in [1.165, 1.54) is 0 Å². The number of rotatable bonds is 6. The van der Waals surface area contributed by atoms with Crippen molar-refractivity contribution in [3.8, 4) is 0 Å². The van der Waals surface area contributed by atoms with Gasteiger partial charge in [-0.15, -0.1) is 0 Å². The molecule has 1 N–H and O–H groups in total. The van der Waals surface area contributed by atoms with Crippen LogP contribution in [0.3, 0.4) is 0 Å². The van der Waals surface area contributed by atoms with E-state index in [0.717, 1.165) is 12.2 Å². The molecule has 0 amide bonds. The second kappa shape index (κ2) is 6.33. The summed E-state index contributed by atoms with van der Waals surface area (Å²) in [6.45, 7) is 4.31. The molecule has 0 bridgehead atoms. The minimum atomic E-state index is -3.59. The van der Waals surface area contributed by atoms with Gasteiger partial charge in [0.1, 0.15) is 6.61 Å². The molecule has 0 heterocycles. The van der Waals surface area contributed by atoms with E-state index < -0.39 is 19.0 Å². The summed E-state index contributed by atoms with van der Waals surface area (Å²) < 4.78 is 21.0. The Bertz CT molecular complexity index is 463. The zero-order valence-electron chi connectivity index (χ0n) is 11.3. The topological polar surface area (TPSA) is 72.8 Å². The predicted molar refractivity (Wildman–Crippen MR) is 71.7 cm³/mol. The van der Waals surface area contributed by atoms with Gasteiger partial charge >= 0.3 is 13.6 Å². The molecule has 0 saturated carbocycles. The van der Waals surface area contributed by atoms with E-state index in [-0.39, 0.29) is 13.2 Å². The van der Waals surface area contributed by atoms with Crippen LogP contribution in [0.25, 0.3) is 0 Å². The lowest BCUT2D eigenvalue weighted by Crippen LogP contribution is -2.31. The van der Waals surface area contributed by atoms with Crippen molar-refractivity contribution in [3.05, 3.63) is 35.9 Å². The number of carbonyl (C=O) groups excluding carboxylic acids is 1. The van der Waals surface area contributed by atoms with Gasteiger partial charge in [-0.3, -0.25) is 9.36 Å². The summed E-state index contributed by atoms with van der Waals surface area (Å²) in [6.07, 6.45) is 0. The summed E-state index contributed by atoms with van der Waals surface area (Å²) in [4.78, 5) is 20.9. The second-order valence-electron chi connectivity index (χ2n) is 5.02. The Kier molecular flexibility index (Phi) is 5.29. The molecule has 1 rings (SSSR count). The molecule has 6 heteroatoms. The minimum absolute atomic E-state index is 0.162. The Morgan fingerprint density at radius 2 is 1.89 bits per heavy atom. The number of ether oxygens (including phenoxy) is 1. The predicted octanol–water partition coefficient (Wildman–Crippen LogP) is 2.59. The van der Waals surface area contributed by atoms with Gasteiger partial charge in [0.05, 0.1) is 12.0 Å². The number of benzene rings is 1. The molecule has 0 aromatic heterocycles. The van der Waals surface area contributed by atoms with Crippen molar-refractivity contribution in [2.45, 2.75) is 20.5 Å². The van der Waals surface area contributed by atoms with Crippen LogP contribution in [0.1, 0.15) is 19.4 Å². The summed E-state index contributed by atoms with van der Waals surface area (Å²) >= 11 is 0. The minimum Gasteiger partial charge on any atom is -0.460 e. The summed E-state index contributed by atoms with van der Waals surface area (Å²) in [5, 5.41) is 0. The van der Waals surface area contributed by atoms with Crippen molar-refractivity contribution >= 4 is 13.6 Å². The Morgan fingerprint density at radius 1 is 1.32 bits per heavy atom. The van der Waals surface area contributed by atoms with Crippen LogP contribution in [-0.2, 0) is 25.2 Å². The molecule has 0 aliphatic heterocycles. The maximum atomic E-state index is 11.9. The van der Waals surface area contributed by atoms with Crippen molar-refractivity contribution in [1.29, 1.82) is 0 Å². The van der Waals surface area contributed by atoms with Gasteiger partial charge in [-0.25, -0.2) is 0 Å². The third-order valence-electron chi connectivity index (χ3n) is 2.43. The standard InChI is InChI=1S/C13H19O5P/c1-13(2,10-18-19(3,15)16)12(14)17-9-11-7-5-4-6-8-11/h4-8H,9-10H2,1-3H3,(H,15,16). The monoisotopic (exact) mass is 286 g/mol. The number of hydrogen-bond donors (Lipinski definition) is 1. The summed E-state index contributed by atoms with van der Waals surface area (Å²) in [5.41, 5.74) is -0.0840. The number of esters is 1. The molecule has 5 nitrogen and oxygen atoms in total. The molecule has 106 valence electrons. The highest BCUT2D eigenvalue weighted by molar-refractivity contribution is 7.51. The van der Waals surface area contributed by atoms with Gasteiger partial charge in [0.25, 0.3) is 0 Å². The average molecular weight is 286 g/mol. The van der Waals surface area contributed by atoms with E-state index in [0.29, 0.717) is 0 Å². The van der Waals surface area contributed by atoms with Gasteiger partial charge in [-0.05, 0) is 19.4 Å². The highest BCUT2D eigenvalue weighted by atomic mass is 31.2. The Labute approximate surface area is 113 Å². The van der Waals surface area contributed by atoms with Gasteiger partial charge in [0.2, 0.25) is 0 Å². The van der Waals surface area contributed by atoms with E-state index in [4.69, 9.17) is 14.2 Å². The molecule has 19 heavy (non-hydrogen) atoms. The Hall–Kier alpha value is -1.16. The van der Waals surface area contributed by atoms with Gasteiger partial charge < -0.3 is 14.2 Å². The van der Waals surface area contributed by atoms with Crippen LogP contribution in [0.5, 0.6) is 0 Å². The van der Waals surface area contributed by atoms with Crippen LogP contribution in [0.4, 0.5) is 0 Å². The van der Waals surface area contributed by atoms with Crippen LogP contribution in [0, 0.1) is 5.41 Å². The van der Waals surface area contributed by atoms with Crippen LogP contribution in [0.15, 0.2) is 30.3 Å². The highest BCUT2D eigenvalue weighted by Crippen LogP contribution is 2.38. The average Bonchev–Trinajstić information content (AvgIpc) is 2.34. The molecule has 0 aliphatic rings. The number of carbonyl (C=O) groups is 1. The lowest BCUT2D eigenvalue weighted by molar-refractivity contribution is -0.157. The van der Waals surface area contributed by atoms with Crippen molar-refractivity contribution in [3.63, 3.8) is 0 Å². The Balaban J connectivity index is 2.50. The number of hydrogen-bond acceptors (Lipinski definition) is 4. The molecule has 1 unspecified atom stereocenters. The van der Waals surface area contributed by atoms with E-state index in [1.54, 1.807) is 13.8 Å². The molecule has 1 aromatic rings. The molecule has 0 saturated heterocycles. The lowest BCUT2D eigenvalue weighted by atomic mass is 9.95. The highest BCUT2D eigenvalue weighted by Gasteiger charge is 2.32. The van der Waals surface area contributed by atoms with E-state index in [9.17, 15) is 9.36 Å². The SMILES string of the molecule is CC(C)(COP(C)(=O)O)C(=O)OCc1ccccc1. The maximum Gasteiger partial charge on any atom is 0.325 e. The van der Waals surface area contributed by atoms with Crippen LogP contribution in [-0.4, -0.2) is 24.1 Å². The third kappa shape index (κ3) is 6.01. The van der Waals surface area contributed by atoms with Crippen LogP contribution >= 0.6 is 7.60 Å².